The average molecular weight is 215 g/mol. The van der Waals surface area contributed by atoms with E-state index in [9.17, 15) is 4.79 Å². The summed E-state index contributed by atoms with van der Waals surface area (Å²) in [6.45, 7) is 2.07. The highest BCUT2D eigenvalue weighted by molar-refractivity contribution is 5.86. The van der Waals surface area contributed by atoms with Crippen molar-refractivity contribution in [3.05, 3.63) is 0 Å². The minimum absolute atomic E-state index is 0.122. The molecule has 0 bridgehead atoms. The van der Waals surface area contributed by atoms with Crippen LogP contribution in [-0.4, -0.2) is 38.8 Å². The molecule has 1 unspecified atom stereocenters. The van der Waals surface area contributed by atoms with Gasteiger partial charge in [0.1, 0.15) is 0 Å². The molecule has 4 nitrogen and oxygen atoms in total. The minimum Gasteiger partial charge on any atom is -0.385 e. The van der Waals surface area contributed by atoms with E-state index in [0.717, 1.165) is 25.7 Å². The molecule has 15 heavy (non-hydrogen) atoms. The van der Waals surface area contributed by atoms with E-state index in [4.69, 9.17) is 15.2 Å². The van der Waals surface area contributed by atoms with Gasteiger partial charge in [-0.05, 0) is 25.7 Å². The molecule has 1 aliphatic heterocycles. The van der Waals surface area contributed by atoms with Crippen LogP contribution in [0.1, 0.15) is 25.7 Å². The maximum absolute atomic E-state index is 11.9. The maximum atomic E-state index is 11.9. The lowest BCUT2D eigenvalue weighted by molar-refractivity contribution is -0.127. The van der Waals surface area contributed by atoms with Gasteiger partial charge in [0.15, 0.2) is 5.78 Å². The number of hydrogen-bond donors (Lipinski definition) is 1. The molecule has 88 valence electrons. The van der Waals surface area contributed by atoms with E-state index in [0.29, 0.717) is 19.8 Å². The van der Waals surface area contributed by atoms with Gasteiger partial charge in [-0.2, -0.15) is 0 Å². The van der Waals surface area contributed by atoms with Gasteiger partial charge in [0.2, 0.25) is 0 Å². The summed E-state index contributed by atoms with van der Waals surface area (Å²) < 4.78 is 10.1. The molecule has 1 heterocycles. The van der Waals surface area contributed by atoms with E-state index in [1.54, 1.807) is 7.11 Å². The first-order chi connectivity index (χ1) is 7.25. The van der Waals surface area contributed by atoms with E-state index in [2.05, 4.69) is 0 Å². The van der Waals surface area contributed by atoms with Crippen LogP contribution in [0.5, 0.6) is 0 Å². The molecule has 2 N–H and O–H groups in total. The Labute approximate surface area is 91.1 Å². The van der Waals surface area contributed by atoms with Crippen LogP contribution in [0, 0.1) is 5.92 Å². The molecule has 0 radical (unpaired) electrons. The third-order valence-corrected chi connectivity index (χ3v) is 2.85. The summed E-state index contributed by atoms with van der Waals surface area (Å²) in [5, 5.41) is 0. The highest BCUT2D eigenvalue weighted by Gasteiger charge is 2.25. The van der Waals surface area contributed by atoms with Gasteiger partial charge in [-0.1, -0.05) is 0 Å². The zero-order valence-corrected chi connectivity index (χ0v) is 9.41. The molecular formula is C11H21NO3. The highest BCUT2D eigenvalue weighted by Crippen LogP contribution is 2.17. The van der Waals surface area contributed by atoms with Gasteiger partial charge in [-0.15, -0.1) is 0 Å². The van der Waals surface area contributed by atoms with Crippen LogP contribution < -0.4 is 5.73 Å². The Hall–Kier alpha value is -0.450. The van der Waals surface area contributed by atoms with Gasteiger partial charge in [0.25, 0.3) is 0 Å². The number of rotatable bonds is 6. The maximum Gasteiger partial charge on any atom is 0.152 e. The first kappa shape index (κ1) is 12.6. The van der Waals surface area contributed by atoms with Crippen molar-refractivity contribution in [2.24, 2.45) is 11.7 Å². The van der Waals surface area contributed by atoms with Crippen molar-refractivity contribution in [3.63, 3.8) is 0 Å². The molecule has 1 atom stereocenters. The standard InChI is InChI=1S/C11H21NO3/c1-14-6-2-3-10(12)11(13)9-4-7-15-8-5-9/h9-10H,2-8,12H2,1H3. The van der Waals surface area contributed by atoms with Gasteiger partial charge in [-0.3, -0.25) is 4.79 Å². The van der Waals surface area contributed by atoms with Gasteiger partial charge >= 0.3 is 0 Å². The Bertz CT molecular complexity index is 190. The summed E-state index contributed by atoms with van der Waals surface area (Å²) in [6.07, 6.45) is 3.24. The summed E-state index contributed by atoms with van der Waals surface area (Å²) in [4.78, 5) is 11.9. The molecule has 1 fully saturated rings. The summed E-state index contributed by atoms with van der Waals surface area (Å²) in [6, 6.07) is -0.316. The third-order valence-electron chi connectivity index (χ3n) is 2.85. The number of ether oxygens (including phenoxy) is 2. The highest BCUT2D eigenvalue weighted by atomic mass is 16.5. The largest absolute Gasteiger partial charge is 0.385 e. The number of nitrogens with two attached hydrogens (primary N) is 1. The fourth-order valence-electron chi connectivity index (χ4n) is 1.87. The quantitative estimate of drug-likeness (QED) is 0.664. The molecule has 1 rings (SSSR count). The van der Waals surface area contributed by atoms with E-state index < -0.39 is 0 Å². The SMILES string of the molecule is COCCCC(N)C(=O)C1CCOCC1. The second-order valence-electron chi connectivity index (χ2n) is 4.03. The molecule has 1 saturated heterocycles. The lowest BCUT2D eigenvalue weighted by atomic mass is 9.90. The molecule has 0 aromatic heterocycles. The van der Waals surface area contributed by atoms with Crippen molar-refractivity contribution in [2.75, 3.05) is 26.9 Å². The first-order valence-electron chi connectivity index (χ1n) is 5.61. The predicted octanol–water partition coefficient (Wildman–Crippen LogP) is 0.736. The van der Waals surface area contributed by atoms with Gasteiger partial charge < -0.3 is 15.2 Å². The lowest BCUT2D eigenvalue weighted by Gasteiger charge is -2.23. The second-order valence-corrected chi connectivity index (χ2v) is 4.03. The number of carbonyl (C=O) groups excluding carboxylic acids is 1. The van der Waals surface area contributed by atoms with Crippen LogP contribution in [0.3, 0.4) is 0 Å². The predicted molar refractivity (Wildman–Crippen MR) is 57.6 cm³/mol. The molecule has 0 spiro atoms. The zero-order valence-electron chi connectivity index (χ0n) is 9.41. The molecule has 0 amide bonds. The second kappa shape index (κ2) is 6.93. The van der Waals surface area contributed by atoms with Crippen LogP contribution in [0.4, 0.5) is 0 Å². The lowest BCUT2D eigenvalue weighted by Crippen LogP contribution is -2.38. The van der Waals surface area contributed by atoms with E-state index in [-0.39, 0.29) is 17.7 Å². The fourth-order valence-corrected chi connectivity index (χ4v) is 1.87. The van der Waals surface area contributed by atoms with Crippen LogP contribution >= 0.6 is 0 Å². The van der Waals surface area contributed by atoms with Crippen LogP contribution in [0.2, 0.25) is 0 Å². The van der Waals surface area contributed by atoms with Crippen molar-refractivity contribution in [2.45, 2.75) is 31.7 Å². The smallest absolute Gasteiger partial charge is 0.152 e. The third kappa shape index (κ3) is 4.28. The molecular weight excluding hydrogens is 194 g/mol. The van der Waals surface area contributed by atoms with Gasteiger partial charge in [0, 0.05) is 32.8 Å². The van der Waals surface area contributed by atoms with Gasteiger partial charge in [0.05, 0.1) is 6.04 Å². The van der Waals surface area contributed by atoms with Crippen molar-refractivity contribution in [1.29, 1.82) is 0 Å². The topological polar surface area (TPSA) is 61.5 Å². The number of Topliss-reactive ketones (excluding diaryl/α,β-unsaturated/α-hetero) is 1. The molecule has 1 aliphatic rings. The average Bonchev–Trinajstić information content (AvgIpc) is 2.29. The first-order valence-corrected chi connectivity index (χ1v) is 5.61. The number of ketones is 1. The van der Waals surface area contributed by atoms with E-state index in [1.165, 1.54) is 0 Å². The summed E-state index contributed by atoms with van der Waals surface area (Å²) in [5.41, 5.74) is 5.84. The summed E-state index contributed by atoms with van der Waals surface area (Å²) >= 11 is 0. The van der Waals surface area contributed by atoms with Crippen molar-refractivity contribution >= 4 is 5.78 Å². The number of hydrogen-bond acceptors (Lipinski definition) is 4. The normalized spacial score (nSPS) is 20.1. The van der Waals surface area contributed by atoms with E-state index in [1.807, 2.05) is 0 Å². The molecule has 0 aromatic carbocycles. The minimum atomic E-state index is -0.316. The van der Waals surface area contributed by atoms with E-state index >= 15 is 0 Å². The Morgan fingerprint density at radius 2 is 2.20 bits per heavy atom. The van der Waals surface area contributed by atoms with Gasteiger partial charge in [-0.25, -0.2) is 0 Å². The molecule has 0 aliphatic carbocycles. The van der Waals surface area contributed by atoms with Crippen molar-refractivity contribution < 1.29 is 14.3 Å². The number of carbonyl (C=O) groups is 1. The molecule has 4 heteroatoms. The van der Waals surface area contributed by atoms with Crippen LogP contribution in [-0.2, 0) is 14.3 Å². The molecule has 0 aromatic rings. The van der Waals surface area contributed by atoms with Crippen molar-refractivity contribution in [3.8, 4) is 0 Å². The Morgan fingerprint density at radius 3 is 2.80 bits per heavy atom. The summed E-state index contributed by atoms with van der Waals surface area (Å²) in [7, 11) is 1.66. The zero-order chi connectivity index (χ0) is 11.1. The van der Waals surface area contributed by atoms with Crippen molar-refractivity contribution in [1.82, 2.24) is 0 Å². The molecule has 0 saturated carbocycles. The Morgan fingerprint density at radius 1 is 1.53 bits per heavy atom. The Balaban J connectivity index is 2.24. The van der Waals surface area contributed by atoms with Crippen LogP contribution in [0.25, 0.3) is 0 Å². The van der Waals surface area contributed by atoms with Crippen LogP contribution in [0.15, 0.2) is 0 Å². The number of methoxy groups -OCH3 is 1. The Kier molecular flexibility index (Phi) is 5.83. The summed E-state index contributed by atoms with van der Waals surface area (Å²) in [5.74, 6) is 0.325. The fraction of sp³-hybridized carbons (Fsp3) is 0.909. The monoisotopic (exact) mass is 215 g/mol.